The Hall–Kier alpha value is -4.51. The molecule has 0 atom stereocenters. The van der Waals surface area contributed by atoms with Crippen LogP contribution in [0.3, 0.4) is 0 Å². The number of alkyl halides is 3. The Balaban J connectivity index is 1.31. The van der Waals surface area contributed by atoms with Crippen LogP contribution in [0.25, 0.3) is 11.0 Å². The Kier molecular flexibility index (Phi) is 6.93. The highest BCUT2D eigenvalue weighted by Crippen LogP contribution is 2.30. The Labute approximate surface area is 215 Å². The van der Waals surface area contributed by atoms with Crippen LogP contribution in [0.4, 0.5) is 35.2 Å². The Morgan fingerprint density at radius 3 is 2.26 bits per heavy atom. The lowest BCUT2D eigenvalue weighted by Gasteiger charge is -2.27. The standard InChI is InChI=1S/C27H22F3N5O3/c28-27(29,30)19-4-2-6-21(15-19)33-26(37)32-20-5-1-3-17(13-20)25(36)18-7-8-22-23(14-18)34-24(16-31-22)35-9-11-38-12-10-35/h1-8,13-16H,9-12H2,(H2,32,33,37). The average Bonchev–Trinajstić information content (AvgIpc) is 2.92. The monoisotopic (exact) mass is 521 g/mol. The van der Waals surface area contributed by atoms with Gasteiger partial charge in [-0.15, -0.1) is 0 Å². The zero-order chi connectivity index (χ0) is 26.7. The highest BCUT2D eigenvalue weighted by atomic mass is 19.4. The molecule has 0 radical (unpaired) electrons. The predicted octanol–water partition coefficient (Wildman–Crippen LogP) is 5.36. The van der Waals surface area contributed by atoms with E-state index >= 15 is 0 Å². The number of carbonyl (C=O) groups excluding carboxylic acids is 2. The van der Waals surface area contributed by atoms with Crippen LogP contribution in [0.5, 0.6) is 0 Å². The van der Waals surface area contributed by atoms with Gasteiger partial charge < -0.3 is 20.3 Å². The van der Waals surface area contributed by atoms with Gasteiger partial charge >= 0.3 is 12.2 Å². The molecule has 1 aromatic heterocycles. The number of halogens is 3. The molecule has 1 fully saturated rings. The summed E-state index contributed by atoms with van der Waals surface area (Å²) in [5.74, 6) is 0.427. The van der Waals surface area contributed by atoms with Crippen molar-refractivity contribution in [2.45, 2.75) is 6.18 Å². The molecule has 5 rings (SSSR count). The second-order valence-corrected chi connectivity index (χ2v) is 8.60. The number of urea groups is 1. The topological polar surface area (TPSA) is 96.5 Å². The Bertz CT molecular complexity index is 1500. The van der Waals surface area contributed by atoms with E-state index in [1.54, 1.807) is 42.6 Å². The van der Waals surface area contributed by atoms with Crippen LogP contribution in [0, 0.1) is 0 Å². The summed E-state index contributed by atoms with van der Waals surface area (Å²) in [6.07, 6.45) is -2.82. The highest BCUT2D eigenvalue weighted by Gasteiger charge is 2.30. The number of rotatable bonds is 5. The number of ketones is 1. The van der Waals surface area contributed by atoms with Crippen LogP contribution in [0.15, 0.2) is 72.9 Å². The molecule has 2 heterocycles. The van der Waals surface area contributed by atoms with E-state index in [-0.39, 0.29) is 11.5 Å². The van der Waals surface area contributed by atoms with E-state index in [0.29, 0.717) is 60.0 Å². The van der Waals surface area contributed by atoms with Crippen molar-refractivity contribution in [1.29, 1.82) is 0 Å². The van der Waals surface area contributed by atoms with Crippen LogP contribution < -0.4 is 15.5 Å². The Morgan fingerprint density at radius 2 is 1.53 bits per heavy atom. The lowest BCUT2D eigenvalue weighted by Crippen LogP contribution is -2.36. The van der Waals surface area contributed by atoms with E-state index in [0.717, 1.165) is 12.1 Å². The summed E-state index contributed by atoms with van der Waals surface area (Å²) in [5, 5.41) is 4.92. The molecule has 38 heavy (non-hydrogen) atoms. The van der Waals surface area contributed by atoms with Gasteiger partial charge in [0.25, 0.3) is 0 Å². The van der Waals surface area contributed by atoms with E-state index < -0.39 is 17.8 Å². The summed E-state index contributed by atoms with van der Waals surface area (Å²) < 4.78 is 44.2. The fourth-order valence-electron chi connectivity index (χ4n) is 4.06. The molecule has 0 unspecified atom stereocenters. The van der Waals surface area contributed by atoms with Gasteiger partial charge in [-0.25, -0.2) is 9.78 Å². The molecule has 11 heteroatoms. The maximum atomic E-state index is 13.2. The molecular formula is C27H22F3N5O3. The van der Waals surface area contributed by atoms with E-state index in [2.05, 4.69) is 25.5 Å². The second kappa shape index (κ2) is 10.5. The maximum Gasteiger partial charge on any atom is 0.416 e. The van der Waals surface area contributed by atoms with Crippen molar-refractivity contribution in [3.63, 3.8) is 0 Å². The first-order valence-electron chi connectivity index (χ1n) is 11.8. The fraction of sp³-hybridized carbons (Fsp3) is 0.185. The number of hydrogen-bond acceptors (Lipinski definition) is 6. The van der Waals surface area contributed by atoms with Gasteiger partial charge in [0.05, 0.1) is 36.0 Å². The first kappa shape index (κ1) is 25.2. The summed E-state index contributed by atoms with van der Waals surface area (Å²) >= 11 is 0. The van der Waals surface area contributed by atoms with Gasteiger partial charge in [-0.3, -0.25) is 9.78 Å². The number of fused-ring (bicyclic) bond motifs is 1. The minimum atomic E-state index is -4.53. The van der Waals surface area contributed by atoms with Crippen molar-refractivity contribution >= 4 is 40.0 Å². The van der Waals surface area contributed by atoms with Gasteiger partial charge in [0, 0.05) is 35.6 Å². The summed E-state index contributed by atoms with van der Waals surface area (Å²) in [4.78, 5) is 36.8. The number of benzene rings is 3. The average molecular weight is 521 g/mol. The minimum Gasteiger partial charge on any atom is -0.378 e. The number of anilines is 3. The molecular weight excluding hydrogens is 499 g/mol. The van der Waals surface area contributed by atoms with Crippen LogP contribution in [0.2, 0.25) is 0 Å². The number of hydrogen-bond donors (Lipinski definition) is 2. The van der Waals surface area contributed by atoms with Gasteiger partial charge in [-0.2, -0.15) is 13.2 Å². The van der Waals surface area contributed by atoms with Crippen molar-refractivity contribution in [1.82, 2.24) is 9.97 Å². The molecule has 0 bridgehead atoms. The molecule has 0 saturated carbocycles. The number of ether oxygens (including phenoxy) is 1. The third-order valence-electron chi connectivity index (χ3n) is 5.96. The predicted molar refractivity (Wildman–Crippen MR) is 137 cm³/mol. The van der Waals surface area contributed by atoms with E-state index in [1.807, 2.05) is 0 Å². The van der Waals surface area contributed by atoms with Gasteiger partial charge in [-0.05, 0) is 48.5 Å². The maximum absolute atomic E-state index is 13.2. The van der Waals surface area contributed by atoms with Crippen LogP contribution in [-0.4, -0.2) is 48.1 Å². The van der Waals surface area contributed by atoms with Crippen molar-refractivity contribution in [3.8, 4) is 0 Å². The third-order valence-corrected chi connectivity index (χ3v) is 5.96. The molecule has 194 valence electrons. The molecule has 8 nitrogen and oxygen atoms in total. The van der Waals surface area contributed by atoms with Crippen molar-refractivity contribution < 1.29 is 27.5 Å². The number of aromatic nitrogens is 2. The highest BCUT2D eigenvalue weighted by molar-refractivity contribution is 6.11. The van der Waals surface area contributed by atoms with Gasteiger partial charge in [0.15, 0.2) is 5.78 Å². The summed E-state index contributed by atoms with van der Waals surface area (Å²) in [6.45, 7) is 2.64. The lowest BCUT2D eigenvalue weighted by atomic mass is 10.0. The first-order chi connectivity index (χ1) is 18.3. The SMILES string of the molecule is O=C(Nc1cccc(C(=O)c2ccc3ncc(N4CCOCC4)nc3c2)c1)Nc1cccc(C(F)(F)F)c1. The number of morpholine rings is 1. The first-order valence-corrected chi connectivity index (χ1v) is 11.8. The zero-order valence-electron chi connectivity index (χ0n) is 20.0. The van der Waals surface area contributed by atoms with Crippen LogP contribution >= 0.6 is 0 Å². The molecule has 3 aromatic carbocycles. The quantitative estimate of drug-likeness (QED) is 0.343. The minimum absolute atomic E-state index is 0.0155. The number of nitrogens with zero attached hydrogens (tertiary/aromatic N) is 3. The Morgan fingerprint density at radius 1 is 0.842 bits per heavy atom. The number of carbonyl (C=O) groups is 2. The molecule has 1 aliphatic rings. The molecule has 1 aliphatic heterocycles. The molecule has 2 N–H and O–H groups in total. The number of nitrogens with one attached hydrogen (secondary N) is 2. The second-order valence-electron chi connectivity index (χ2n) is 8.60. The van der Waals surface area contributed by atoms with Crippen molar-refractivity contribution in [2.24, 2.45) is 0 Å². The largest absolute Gasteiger partial charge is 0.416 e. The van der Waals surface area contributed by atoms with E-state index in [9.17, 15) is 22.8 Å². The van der Waals surface area contributed by atoms with Gasteiger partial charge in [0.2, 0.25) is 0 Å². The van der Waals surface area contributed by atoms with Gasteiger partial charge in [-0.1, -0.05) is 18.2 Å². The summed E-state index contributed by atoms with van der Waals surface area (Å²) in [5.41, 5.74) is 1.36. The van der Waals surface area contributed by atoms with E-state index in [4.69, 9.17) is 4.74 Å². The van der Waals surface area contributed by atoms with Crippen molar-refractivity contribution in [2.75, 3.05) is 41.8 Å². The fourth-order valence-corrected chi connectivity index (χ4v) is 4.06. The van der Waals surface area contributed by atoms with Gasteiger partial charge in [0.1, 0.15) is 5.82 Å². The van der Waals surface area contributed by atoms with Crippen LogP contribution in [0.1, 0.15) is 21.5 Å². The molecule has 2 amide bonds. The molecule has 1 saturated heterocycles. The summed E-state index contributed by atoms with van der Waals surface area (Å²) in [6, 6.07) is 14.9. The smallest absolute Gasteiger partial charge is 0.378 e. The number of amides is 2. The third kappa shape index (κ3) is 5.73. The van der Waals surface area contributed by atoms with E-state index in [1.165, 1.54) is 18.2 Å². The molecule has 0 aliphatic carbocycles. The van der Waals surface area contributed by atoms with Crippen molar-refractivity contribution in [3.05, 3.63) is 89.6 Å². The van der Waals surface area contributed by atoms with Crippen LogP contribution in [-0.2, 0) is 10.9 Å². The molecule has 4 aromatic rings. The lowest BCUT2D eigenvalue weighted by molar-refractivity contribution is -0.137. The zero-order valence-corrected chi connectivity index (χ0v) is 20.0. The molecule has 0 spiro atoms. The summed E-state index contributed by atoms with van der Waals surface area (Å²) in [7, 11) is 0. The normalized spacial score (nSPS) is 13.8.